The van der Waals surface area contributed by atoms with Crippen molar-refractivity contribution in [3.05, 3.63) is 0 Å². The summed E-state index contributed by atoms with van der Waals surface area (Å²) < 4.78 is 0. The molecule has 0 saturated heterocycles. The van der Waals surface area contributed by atoms with Crippen LogP contribution in [-0.2, 0) is 0 Å². The molecule has 1 rings (SSSR count). The van der Waals surface area contributed by atoms with Crippen LogP contribution in [0.5, 0.6) is 0 Å². The molecule has 0 aromatic rings. The zero-order valence-electron chi connectivity index (χ0n) is 13.4. The Bertz CT molecular complexity index is 220. The first-order valence-electron chi connectivity index (χ1n) is 8.15. The van der Waals surface area contributed by atoms with Crippen molar-refractivity contribution in [2.45, 2.75) is 73.1 Å². The zero-order chi connectivity index (χ0) is 13.6. The predicted molar refractivity (Wildman–Crippen MR) is 81.8 cm³/mol. The summed E-state index contributed by atoms with van der Waals surface area (Å²) >= 11 is 0. The maximum atomic E-state index is 3.65. The third-order valence-electron chi connectivity index (χ3n) is 4.62. The number of hydrogen-bond acceptors (Lipinski definition) is 1. The van der Waals surface area contributed by atoms with E-state index in [4.69, 9.17) is 0 Å². The van der Waals surface area contributed by atoms with Crippen molar-refractivity contribution < 1.29 is 0 Å². The first-order chi connectivity index (χ1) is 8.44. The molecule has 0 aliphatic heterocycles. The van der Waals surface area contributed by atoms with Crippen molar-refractivity contribution in [3.8, 4) is 0 Å². The second kappa shape index (κ2) is 7.53. The highest BCUT2D eigenvalue weighted by molar-refractivity contribution is 4.86. The van der Waals surface area contributed by atoms with E-state index < -0.39 is 0 Å². The second-order valence-corrected chi connectivity index (χ2v) is 7.60. The molecule has 0 spiro atoms. The Morgan fingerprint density at radius 2 is 1.94 bits per heavy atom. The van der Waals surface area contributed by atoms with Gasteiger partial charge in [0.1, 0.15) is 0 Å². The summed E-state index contributed by atoms with van der Waals surface area (Å²) in [6.45, 7) is 14.4. The summed E-state index contributed by atoms with van der Waals surface area (Å²) in [4.78, 5) is 0. The average Bonchev–Trinajstić information content (AvgIpc) is 2.28. The molecule has 18 heavy (non-hydrogen) atoms. The molecule has 1 aliphatic carbocycles. The van der Waals surface area contributed by atoms with Crippen LogP contribution in [0.15, 0.2) is 0 Å². The van der Waals surface area contributed by atoms with Crippen LogP contribution in [0.4, 0.5) is 0 Å². The molecular formula is C17H35N. The first kappa shape index (κ1) is 16.0. The fourth-order valence-electron chi connectivity index (χ4n) is 3.41. The van der Waals surface area contributed by atoms with Gasteiger partial charge in [-0.25, -0.2) is 0 Å². The van der Waals surface area contributed by atoms with Crippen LogP contribution in [0.25, 0.3) is 0 Å². The van der Waals surface area contributed by atoms with Crippen LogP contribution in [0.3, 0.4) is 0 Å². The summed E-state index contributed by atoms with van der Waals surface area (Å²) in [7, 11) is 0. The molecule has 1 aliphatic rings. The molecular weight excluding hydrogens is 218 g/mol. The van der Waals surface area contributed by atoms with Crippen molar-refractivity contribution in [1.82, 2.24) is 5.32 Å². The van der Waals surface area contributed by atoms with Gasteiger partial charge in [0.05, 0.1) is 0 Å². The Morgan fingerprint density at radius 3 is 2.56 bits per heavy atom. The highest BCUT2D eigenvalue weighted by atomic mass is 14.9. The Balaban J connectivity index is 2.45. The van der Waals surface area contributed by atoms with Crippen molar-refractivity contribution in [2.24, 2.45) is 23.2 Å². The van der Waals surface area contributed by atoms with Gasteiger partial charge in [-0.2, -0.15) is 0 Å². The van der Waals surface area contributed by atoms with Crippen molar-refractivity contribution in [3.63, 3.8) is 0 Å². The van der Waals surface area contributed by atoms with Gasteiger partial charge in [-0.15, -0.1) is 0 Å². The molecule has 0 aromatic heterocycles. The van der Waals surface area contributed by atoms with Crippen LogP contribution in [0.1, 0.15) is 73.1 Å². The molecule has 1 nitrogen and oxygen atoms in total. The molecule has 0 heterocycles. The van der Waals surface area contributed by atoms with Crippen LogP contribution in [0, 0.1) is 23.2 Å². The molecule has 1 N–H and O–H groups in total. The lowest BCUT2D eigenvalue weighted by atomic mass is 9.65. The summed E-state index contributed by atoms with van der Waals surface area (Å²) in [5, 5.41) is 3.65. The molecule has 2 unspecified atom stereocenters. The predicted octanol–water partition coefficient (Wildman–Crippen LogP) is 4.86. The highest BCUT2D eigenvalue weighted by Crippen LogP contribution is 2.43. The van der Waals surface area contributed by atoms with E-state index in [-0.39, 0.29) is 0 Å². The van der Waals surface area contributed by atoms with E-state index in [1.54, 1.807) is 0 Å². The molecule has 0 radical (unpaired) electrons. The van der Waals surface area contributed by atoms with Gasteiger partial charge in [-0.3, -0.25) is 0 Å². The monoisotopic (exact) mass is 253 g/mol. The molecule has 1 fully saturated rings. The summed E-state index contributed by atoms with van der Waals surface area (Å²) in [6.07, 6.45) is 8.41. The van der Waals surface area contributed by atoms with Crippen molar-refractivity contribution in [2.75, 3.05) is 13.1 Å². The maximum absolute atomic E-state index is 3.65. The topological polar surface area (TPSA) is 12.0 Å². The number of rotatable bonds is 7. The minimum Gasteiger partial charge on any atom is -0.316 e. The van der Waals surface area contributed by atoms with Gasteiger partial charge >= 0.3 is 0 Å². The third-order valence-corrected chi connectivity index (χ3v) is 4.62. The van der Waals surface area contributed by atoms with Gasteiger partial charge in [0.25, 0.3) is 0 Å². The Morgan fingerprint density at radius 1 is 1.22 bits per heavy atom. The standard InChI is InChI=1S/C17H35N/c1-6-11-18-13-16-9-10-17(4,5)12-15(16)8-7-14(2)3/h14-16,18H,6-13H2,1-5H3. The van der Waals surface area contributed by atoms with Gasteiger partial charge < -0.3 is 5.32 Å². The van der Waals surface area contributed by atoms with Crippen LogP contribution in [-0.4, -0.2) is 13.1 Å². The van der Waals surface area contributed by atoms with E-state index in [0.29, 0.717) is 5.41 Å². The van der Waals surface area contributed by atoms with Gasteiger partial charge in [-0.05, 0) is 68.4 Å². The minimum absolute atomic E-state index is 0.586. The van der Waals surface area contributed by atoms with Crippen LogP contribution < -0.4 is 5.32 Å². The number of nitrogens with one attached hydrogen (secondary N) is 1. The third kappa shape index (κ3) is 5.73. The largest absolute Gasteiger partial charge is 0.316 e. The lowest BCUT2D eigenvalue weighted by molar-refractivity contribution is 0.106. The maximum Gasteiger partial charge on any atom is -0.00179 e. The molecule has 0 aromatic carbocycles. The van der Waals surface area contributed by atoms with Gasteiger partial charge in [-0.1, -0.05) is 41.0 Å². The Kier molecular flexibility index (Phi) is 6.70. The average molecular weight is 253 g/mol. The highest BCUT2D eigenvalue weighted by Gasteiger charge is 2.34. The fraction of sp³-hybridized carbons (Fsp3) is 1.00. The zero-order valence-corrected chi connectivity index (χ0v) is 13.4. The number of hydrogen-bond donors (Lipinski definition) is 1. The van der Waals surface area contributed by atoms with E-state index >= 15 is 0 Å². The van der Waals surface area contributed by atoms with Gasteiger partial charge in [0.2, 0.25) is 0 Å². The van der Waals surface area contributed by atoms with E-state index in [9.17, 15) is 0 Å². The lowest BCUT2D eigenvalue weighted by Crippen LogP contribution is -2.36. The fourth-order valence-corrected chi connectivity index (χ4v) is 3.41. The van der Waals surface area contributed by atoms with E-state index in [1.807, 2.05) is 0 Å². The quantitative estimate of drug-likeness (QED) is 0.639. The minimum atomic E-state index is 0.586. The normalized spacial score (nSPS) is 27.7. The Labute approximate surface area is 115 Å². The second-order valence-electron chi connectivity index (χ2n) is 7.60. The smallest absolute Gasteiger partial charge is 0.00179 e. The van der Waals surface area contributed by atoms with Crippen molar-refractivity contribution in [1.29, 1.82) is 0 Å². The molecule has 108 valence electrons. The SMILES string of the molecule is CCCNCC1CCC(C)(C)CC1CCC(C)C. The van der Waals surface area contributed by atoms with E-state index in [2.05, 4.69) is 39.9 Å². The van der Waals surface area contributed by atoms with Crippen LogP contribution >= 0.6 is 0 Å². The molecule has 1 heteroatoms. The molecule has 0 bridgehead atoms. The summed E-state index contributed by atoms with van der Waals surface area (Å²) in [6, 6.07) is 0. The summed E-state index contributed by atoms with van der Waals surface area (Å²) in [5.41, 5.74) is 0.586. The van der Waals surface area contributed by atoms with Gasteiger partial charge in [0, 0.05) is 0 Å². The molecule has 0 amide bonds. The first-order valence-corrected chi connectivity index (χ1v) is 8.15. The molecule has 1 saturated carbocycles. The lowest BCUT2D eigenvalue weighted by Gasteiger charge is -2.41. The van der Waals surface area contributed by atoms with Crippen LogP contribution in [0.2, 0.25) is 0 Å². The molecule has 2 atom stereocenters. The van der Waals surface area contributed by atoms with Crippen molar-refractivity contribution >= 4 is 0 Å². The van der Waals surface area contributed by atoms with Gasteiger partial charge in [0.15, 0.2) is 0 Å². The Hall–Kier alpha value is -0.0400. The van der Waals surface area contributed by atoms with E-state index in [0.717, 1.165) is 17.8 Å². The summed E-state index contributed by atoms with van der Waals surface area (Å²) in [5.74, 6) is 2.75. The van der Waals surface area contributed by atoms with E-state index in [1.165, 1.54) is 51.6 Å².